The van der Waals surface area contributed by atoms with Crippen molar-refractivity contribution >= 4 is 33.5 Å². The average Bonchev–Trinajstić information content (AvgIpc) is 3.15. The van der Waals surface area contributed by atoms with Crippen LogP contribution < -0.4 is 10.1 Å². The molecule has 2 aromatic carbocycles. The molecule has 0 aliphatic heterocycles. The third-order valence-corrected chi connectivity index (χ3v) is 4.40. The number of fused-ring (bicyclic) bond motifs is 3. The van der Waals surface area contributed by atoms with Gasteiger partial charge in [0.1, 0.15) is 16.9 Å². The van der Waals surface area contributed by atoms with E-state index in [0.29, 0.717) is 17.4 Å². The van der Waals surface area contributed by atoms with Gasteiger partial charge in [-0.15, -0.1) is 0 Å². The van der Waals surface area contributed by atoms with Crippen LogP contribution in [0.4, 0.5) is 5.69 Å². The predicted octanol–water partition coefficient (Wildman–Crippen LogP) is 4.19. The molecule has 4 heteroatoms. The molecule has 1 fully saturated rings. The minimum Gasteiger partial charge on any atom is -0.495 e. The van der Waals surface area contributed by atoms with E-state index in [4.69, 9.17) is 9.15 Å². The molecule has 0 spiro atoms. The number of anilines is 1. The highest BCUT2D eigenvalue weighted by atomic mass is 16.5. The van der Waals surface area contributed by atoms with E-state index in [2.05, 4.69) is 12.2 Å². The topological polar surface area (TPSA) is 51.5 Å². The average molecular weight is 295 g/mol. The number of amides is 1. The summed E-state index contributed by atoms with van der Waals surface area (Å²) in [4.78, 5) is 12.2. The van der Waals surface area contributed by atoms with Gasteiger partial charge in [-0.3, -0.25) is 4.79 Å². The highest BCUT2D eigenvalue weighted by Gasteiger charge is 2.39. The molecule has 1 aromatic heterocycles. The fourth-order valence-corrected chi connectivity index (χ4v) is 2.93. The largest absolute Gasteiger partial charge is 0.495 e. The van der Waals surface area contributed by atoms with Crippen LogP contribution in [0.15, 0.2) is 40.8 Å². The quantitative estimate of drug-likeness (QED) is 0.788. The maximum atomic E-state index is 12.2. The van der Waals surface area contributed by atoms with Crippen LogP contribution in [0.2, 0.25) is 0 Å². The number of hydrogen-bond donors (Lipinski definition) is 1. The molecule has 3 aromatic rings. The summed E-state index contributed by atoms with van der Waals surface area (Å²) in [5.41, 5.74) is 2.25. The zero-order valence-corrected chi connectivity index (χ0v) is 12.6. The van der Waals surface area contributed by atoms with Crippen molar-refractivity contribution in [3.8, 4) is 5.75 Å². The van der Waals surface area contributed by atoms with E-state index in [0.717, 1.165) is 28.4 Å². The minimum atomic E-state index is 0.0567. The number of ether oxygens (including phenoxy) is 1. The number of carbonyl (C=O) groups excluding carboxylic acids is 1. The first-order valence-corrected chi connectivity index (χ1v) is 7.47. The number of nitrogens with one attached hydrogen (secondary N) is 1. The van der Waals surface area contributed by atoms with Crippen molar-refractivity contribution in [1.82, 2.24) is 0 Å². The summed E-state index contributed by atoms with van der Waals surface area (Å²) in [6.45, 7) is 2.09. The van der Waals surface area contributed by atoms with E-state index in [-0.39, 0.29) is 11.8 Å². The lowest BCUT2D eigenvalue weighted by Gasteiger charge is -2.10. The van der Waals surface area contributed by atoms with Gasteiger partial charge in [0.2, 0.25) is 5.91 Å². The summed E-state index contributed by atoms with van der Waals surface area (Å²) in [7, 11) is 1.61. The van der Waals surface area contributed by atoms with Crippen LogP contribution in [-0.4, -0.2) is 13.0 Å². The van der Waals surface area contributed by atoms with Crippen LogP contribution in [0.25, 0.3) is 21.9 Å². The zero-order chi connectivity index (χ0) is 15.3. The second kappa shape index (κ2) is 4.77. The van der Waals surface area contributed by atoms with Gasteiger partial charge in [-0.25, -0.2) is 0 Å². The summed E-state index contributed by atoms with van der Waals surface area (Å²) >= 11 is 0. The van der Waals surface area contributed by atoms with Gasteiger partial charge in [-0.2, -0.15) is 0 Å². The van der Waals surface area contributed by atoms with E-state index in [1.54, 1.807) is 7.11 Å². The number of methoxy groups -OCH3 is 1. The summed E-state index contributed by atoms with van der Waals surface area (Å²) in [6.07, 6.45) is 0.959. The van der Waals surface area contributed by atoms with Gasteiger partial charge >= 0.3 is 0 Å². The number of benzene rings is 2. The van der Waals surface area contributed by atoms with Crippen molar-refractivity contribution in [2.45, 2.75) is 13.3 Å². The lowest BCUT2D eigenvalue weighted by molar-refractivity contribution is -0.117. The lowest BCUT2D eigenvalue weighted by atomic mass is 10.1. The molecule has 112 valence electrons. The predicted molar refractivity (Wildman–Crippen MR) is 86.2 cm³/mol. The molecule has 1 aliphatic carbocycles. The molecular formula is C18H17NO3. The SMILES string of the molecule is COc1cc2c(cc1NC(=O)[C@@H]1C[C@@H]1C)oc1ccccc12. The summed E-state index contributed by atoms with van der Waals surface area (Å²) in [5.74, 6) is 1.30. The van der Waals surface area contributed by atoms with Gasteiger partial charge in [0, 0.05) is 22.8 Å². The van der Waals surface area contributed by atoms with Crippen LogP contribution in [0.3, 0.4) is 0 Å². The fraction of sp³-hybridized carbons (Fsp3) is 0.278. The van der Waals surface area contributed by atoms with E-state index >= 15 is 0 Å². The van der Waals surface area contributed by atoms with Crippen molar-refractivity contribution in [1.29, 1.82) is 0 Å². The van der Waals surface area contributed by atoms with Gasteiger partial charge < -0.3 is 14.5 Å². The van der Waals surface area contributed by atoms with Gasteiger partial charge in [0.05, 0.1) is 12.8 Å². The Morgan fingerprint density at radius 1 is 1.23 bits per heavy atom. The molecule has 4 nitrogen and oxygen atoms in total. The molecule has 0 unspecified atom stereocenters. The van der Waals surface area contributed by atoms with E-state index in [1.807, 2.05) is 36.4 Å². The highest BCUT2D eigenvalue weighted by molar-refractivity contribution is 6.08. The fourth-order valence-electron chi connectivity index (χ4n) is 2.93. The number of furan rings is 1. The van der Waals surface area contributed by atoms with Gasteiger partial charge in [0.25, 0.3) is 0 Å². The third-order valence-electron chi connectivity index (χ3n) is 4.40. The smallest absolute Gasteiger partial charge is 0.227 e. The number of para-hydroxylation sites is 1. The number of rotatable bonds is 3. The van der Waals surface area contributed by atoms with Crippen molar-refractivity contribution in [2.75, 3.05) is 12.4 Å². The Kier molecular flexibility index (Phi) is 2.86. The Balaban J connectivity index is 1.80. The molecule has 1 N–H and O–H groups in total. The normalized spacial score (nSPS) is 20.3. The molecule has 0 radical (unpaired) electrons. The number of hydrogen-bond acceptors (Lipinski definition) is 3. The minimum absolute atomic E-state index is 0.0567. The molecule has 4 rings (SSSR count). The van der Waals surface area contributed by atoms with Crippen LogP contribution in [0.5, 0.6) is 5.75 Å². The maximum Gasteiger partial charge on any atom is 0.227 e. The Bertz CT molecular complexity index is 881. The summed E-state index contributed by atoms with van der Waals surface area (Å²) in [5, 5.41) is 5.00. The van der Waals surface area contributed by atoms with Crippen molar-refractivity contribution in [3.05, 3.63) is 36.4 Å². The molecule has 0 saturated heterocycles. The first-order valence-electron chi connectivity index (χ1n) is 7.47. The molecule has 1 heterocycles. The second-order valence-corrected chi connectivity index (χ2v) is 5.96. The van der Waals surface area contributed by atoms with Crippen LogP contribution in [-0.2, 0) is 4.79 Å². The van der Waals surface area contributed by atoms with Gasteiger partial charge in [-0.05, 0) is 24.5 Å². The van der Waals surface area contributed by atoms with Crippen LogP contribution in [0.1, 0.15) is 13.3 Å². The first-order chi connectivity index (χ1) is 10.7. The monoisotopic (exact) mass is 295 g/mol. The molecule has 1 saturated carbocycles. The lowest BCUT2D eigenvalue weighted by Crippen LogP contribution is -2.15. The number of carbonyl (C=O) groups is 1. The molecule has 2 atom stereocenters. The van der Waals surface area contributed by atoms with E-state index < -0.39 is 0 Å². The van der Waals surface area contributed by atoms with E-state index in [9.17, 15) is 4.79 Å². The molecule has 1 aliphatic rings. The Labute approximate surface area is 128 Å². The Morgan fingerprint density at radius 2 is 2.00 bits per heavy atom. The van der Waals surface area contributed by atoms with Crippen molar-refractivity contribution in [3.63, 3.8) is 0 Å². The van der Waals surface area contributed by atoms with Crippen molar-refractivity contribution in [2.24, 2.45) is 11.8 Å². The Hall–Kier alpha value is -2.49. The maximum absolute atomic E-state index is 12.2. The van der Waals surface area contributed by atoms with Crippen LogP contribution >= 0.6 is 0 Å². The first kappa shape index (κ1) is 13.2. The molecule has 22 heavy (non-hydrogen) atoms. The third kappa shape index (κ3) is 2.03. The second-order valence-electron chi connectivity index (χ2n) is 5.96. The van der Waals surface area contributed by atoms with Gasteiger partial charge in [0.15, 0.2) is 0 Å². The van der Waals surface area contributed by atoms with Gasteiger partial charge in [-0.1, -0.05) is 25.1 Å². The van der Waals surface area contributed by atoms with E-state index in [1.165, 1.54) is 0 Å². The van der Waals surface area contributed by atoms with Crippen LogP contribution in [0, 0.1) is 11.8 Å². The molecule has 0 bridgehead atoms. The zero-order valence-electron chi connectivity index (χ0n) is 12.6. The standard InChI is InChI=1S/C18H17NO3/c1-10-7-12(10)18(20)19-14-9-16-13(8-17(14)21-2)11-5-3-4-6-15(11)22-16/h3-6,8-10,12H,7H2,1-2H3,(H,19,20)/t10-,12+/m0/s1. The molecular weight excluding hydrogens is 278 g/mol. The molecule has 1 amide bonds. The van der Waals surface area contributed by atoms with Crippen molar-refractivity contribution < 1.29 is 13.9 Å². The Morgan fingerprint density at radius 3 is 2.73 bits per heavy atom. The summed E-state index contributed by atoms with van der Waals surface area (Å²) < 4.78 is 11.3. The highest BCUT2D eigenvalue weighted by Crippen LogP contribution is 2.40. The summed E-state index contributed by atoms with van der Waals surface area (Å²) in [6, 6.07) is 11.6.